The van der Waals surface area contributed by atoms with Gasteiger partial charge in [0.2, 0.25) is 0 Å². The molecule has 92 valence electrons. The van der Waals surface area contributed by atoms with Gasteiger partial charge in [0.05, 0.1) is 19.6 Å². The molecule has 3 nitrogen and oxygen atoms in total. The number of benzene rings is 1. The number of hydrogen-bond acceptors (Lipinski definition) is 3. The fourth-order valence-corrected chi connectivity index (χ4v) is 1.59. The van der Waals surface area contributed by atoms with Crippen molar-refractivity contribution >= 4 is 11.0 Å². The Bertz CT molecular complexity index is 543. The van der Waals surface area contributed by atoms with Crippen LogP contribution in [0.2, 0.25) is 0 Å². The van der Waals surface area contributed by atoms with Gasteiger partial charge in [-0.2, -0.15) is 13.2 Å². The van der Waals surface area contributed by atoms with E-state index < -0.39 is 11.7 Å². The molecular formula is C11H9F3O3. The minimum absolute atomic E-state index is 0.0698. The molecule has 0 radical (unpaired) electrons. The largest absolute Gasteiger partial charge is 0.496 e. The summed E-state index contributed by atoms with van der Waals surface area (Å²) >= 11 is 0. The fraction of sp³-hybridized carbons (Fsp3) is 0.273. The molecule has 0 fully saturated rings. The third kappa shape index (κ3) is 1.90. The Hall–Kier alpha value is -1.85. The third-order valence-corrected chi connectivity index (χ3v) is 2.37. The van der Waals surface area contributed by atoms with Crippen LogP contribution in [0, 0.1) is 0 Å². The number of methoxy groups -OCH3 is 2. The van der Waals surface area contributed by atoms with Gasteiger partial charge in [0.1, 0.15) is 28.9 Å². The Morgan fingerprint density at radius 1 is 1.12 bits per heavy atom. The fourth-order valence-electron chi connectivity index (χ4n) is 1.59. The number of alkyl halides is 3. The lowest BCUT2D eigenvalue weighted by Gasteiger charge is -2.08. The predicted octanol–water partition coefficient (Wildman–Crippen LogP) is 3.47. The van der Waals surface area contributed by atoms with E-state index in [1.54, 1.807) is 0 Å². The standard InChI is InChI=1S/C11H9F3O3/c1-15-6-3-8(16-2)10-7(11(12,13)14)5-17-9(10)4-6/h3-5H,1-2H3. The van der Waals surface area contributed by atoms with Crippen LogP contribution < -0.4 is 9.47 Å². The van der Waals surface area contributed by atoms with Gasteiger partial charge in [0.15, 0.2) is 0 Å². The van der Waals surface area contributed by atoms with Gasteiger partial charge >= 0.3 is 6.18 Å². The van der Waals surface area contributed by atoms with Crippen LogP contribution in [0.3, 0.4) is 0 Å². The van der Waals surface area contributed by atoms with E-state index in [-0.39, 0.29) is 16.7 Å². The van der Waals surface area contributed by atoms with Crippen molar-refractivity contribution in [3.63, 3.8) is 0 Å². The van der Waals surface area contributed by atoms with Gasteiger partial charge in [-0.3, -0.25) is 0 Å². The molecule has 0 atom stereocenters. The van der Waals surface area contributed by atoms with E-state index in [9.17, 15) is 13.2 Å². The third-order valence-electron chi connectivity index (χ3n) is 2.37. The first-order valence-corrected chi connectivity index (χ1v) is 4.67. The molecule has 17 heavy (non-hydrogen) atoms. The first-order valence-electron chi connectivity index (χ1n) is 4.67. The van der Waals surface area contributed by atoms with Crippen molar-refractivity contribution < 1.29 is 27.1 Å². The molecule has 0 aliphatic rings. The van der Waals surface area contributed by atoms with Crippen molar-refractivity contribution in [2.24, 2.45) is 0 Å². The highest BCUT2D eigenvalue weighted by Crippen LogP contribution is 2.42. The summed E-state index contributed by atoms with van der Waals surface area (Å²) in [5, 5.41) is -0.0965. The predicted molar refractivity (Wildman–Crippen MR) is 54.3 cm³/mol. The van der Waals surface area contributed by atoms with Crippen LogP contribution in [0.4, 0.5) is 13.2 Å². The number of hydrogen-bond donors (Lipinski definition) is 0. The topological polar surface area (TPSA) is 31.6 Å². The first-order chi connectivity index (χ1) is 7.97. The van der Waals surface area contributed by atoms with Crippen molar-refractivity contribution in [2.75, 3.05) is 14.2 Å². The zero-order valence-corrected chi connectivity index (χ0v) is 9.09. The summed E-state index contributed by atoms with van der Waals surface area (Å²) in [6, 6.07) is 2.76. The molecule has 0 bridgehead atoms. The molecule has 0 saturated carbocycles. The van der Waals surface area contributed by atoms with E-state index in [1.165, 1.54) is 26.4 Å². The van der Waals surface area contributed by atoms with Gasteiger partial charge in [-0.1, -0.05) is 0 Å². The molecule has 0 aliphatic heterocycles. The second-order valence-corrected chi connectivity index (χ2v) is 3.35. The Kier molecular flexibility index (Phi) is 2.65. The van der Waals surface area contributed by atoms with E-state index in [2.05, 4.69) is 0 Å². The smallest absolute Gasteiger partial charge is 0.420 e. The second-order valence-electron chi connectivity index (χ2n) is 3.35. The van der Waals surface area contributed by atoms with Gasteiger partial charge in [0.25, 0.3) is 0 Å². The van der Waals surface area contributed by atoms with Crippen LogP contribution in [0.1, 0.15) is 5.56 Å². The van der Waals surface area contributed by atoms with Gasteiger partial charge in [-0.15, -0.1) is 0 Å². The van der Waals surface area contributed by atoms with Crippen molar-refractivity contribution in [2.45, 2.75) is 6.18 Å². The van der Waals surface area contributed by atoms with Crippen LogP contribution in [0.5, 0.6) is 11.5 Å². The number of halogens is 3. The Balaban J connectivity index is 2.75. The quantitative estimate of drug-likeness (QED) is 0.813. The molecule has 2 aromatic rings. The molecule has 1 aromatic heterocycles. The minimum atomic E-state index is -4.48. The Morgan fingerprint density at radius 2 is 1.82 bits per heavy atom. The molecule has 2 rings (SSSR count). The summed E-state index contributed by atoms with van der Waals surface area (Å²) in [5.41, 5.74) is -0.777. The normalized spacial score (nSPS) is 11.8. The molecule has 0 unspecified atom stereocenters. The molecule has 0 spiro atoms. The Morgan fingerprint density at radius 3 is 2.35 bits per heavy atom. The van der Waals surface area contributed by atoms with Gasteiger partial charge < -0.3 is 13.9 Å². The van der Waals surface area contributed by atoms with Crippen LogP contribution >= 0.6 is 0 Å². The zero-order valence-electron chi connectivity index (χ0n) is 9.09. The van der Waals surface area contributed by atoms with E-state index in [1.807, 2.05) is 0 Å². The minimum Gasteiger partial charge on any atom is -0.496 e. The van der Waals surface area contributed by atoms with Gasteiger partial charge in [-0.25, -0.2) is 0 Å². The average molecular weight is 246 g/mol. The molecule has 1 aromatic carbocycles. The molecule has 1 heterocycles. The lowest BCUT2D eigenvalue weighted by molar-refractivity contribution is -0.136. The molecule has 6 heteroatoms. The molecule has 0 amide bonds. The average Bonchev–Trinajstić information content (AvgIpc) is 2.70. The molecular weight excluding hydrogens is 237 g/mol. The zero-order chi connectivity index (χ0) is 12.6. The van der Waals surface area contributed by atoms with E-state index >= 15 is 0 Å². The maximum absolute atomic E-state index is 12.7. The van der Waals surface area contributed by atoms with Crippen LogP contribution in [0.15, 0.2) is 22.8 Å². The molecule has 0 N–H and O–H groups in total. The van der Waals surface area contributed by atoms with Crippen molar-refractivity contribution in [1.29, 1.82) is 0 Å². The van der Waals surface area contributed by atoms with Crippen LogP contribution in [-0.2, 0) is 6.18 Å². The SMILES string of the molecule is COc1cc(OC)c2c(C(F)(F)F)coc2c1. The van der Waals surface area contributed by atoms with Crippen LogP contribution in [-0.4, -0.2) is 14.2 Å². The highest BCUT2D eigenvalue weighted by Gasteiger charge is 2.36. The number of fused-ring (bicyclic) bond motifs is 1. The summed E-state index contributed by atoms with van der Waals surface area (Å²) in [6.07, 6.45) is -3.81. The summed E-state index contributed by atoms with van der Waals surface area (Å²) in [4.78, 5) is 0. The highest BCUT2D eigenvalue weighted by molar-refractivity contribution is 5.89. The van der Waals surface area contributed by atoms with E-state index in [4.69, 9.17) is 13.9 Å². The summed E-state index contributed by atoms with van der Waals surface area (Å²) in [6.45, 7) is 0. The van der Waals surface area contributed by atoms with E-state index in [0.717, 1.165) is 0 Å². The number of rotatable bonds is 2. The number of furan rings is 1. The summed E-state index contributed by atoms with van der Waals surface area (Å²) < 4.78 is 52.9. The molecule has 0 saturated heterocycles. The van der Waals surface area contributed by atoms with Crippen molar-refractivity contribution in [3.8, 4) is 11.5 Å². The molecule has 0 aliphatic carbocycles. The van der Waals surface area contributed by atoms with Crippen molar-refractivity contribution in [3.05, 3.63) is 24.0 Å². The first kappa shape index (κ1) is 11.6. The van der Waals surface area contributed by atoms with Gasteiger partial charge in [0, 0.05) is 12.1 Å². The van der Waals surface area contributed by atoms with Gasteiger partial charge in [-0.05, 0) is 0 Å². The monoisotopic (exact) mass is 246 g/mol. The van der Waals surface area contributed by atoms with Crippen LogP contribution in [0.25, 0.3) is 11.0 Å². The maximum Gasteiger partial charge on any atom is 0.420 e. The maximum atomic E-state index is 12.7. The second kappa shape index (κ2) is 3.87. The highest BCUT2D eigenvalue weighted by atomic mass is 19.4. The number of ether oxygens (including phenoxy) is 2. The lowest BCUT2D eigenvalue weighted by atomic mass is 10.1. The van der Waals surface area contributed by atoms with E-state index in [0.29, 0.717) is 12.0 Å². The summed E-state index contributed by atoms with van der Waals surface area (Å²) in [7, 11) is 2.70. The summed E-state index contributed by atoms with van der Waals surface area (Å²) in [5.74, 6) is 0.442. The van der Waals surface area contributed by atoms with Crippen molar-refractivity contribution in [1.82, 2.24) is 0 Å². The lowest BCUT2D eigenvalue weighted by Crippen LogP contribution is -2.04. The Labute approximate surface area is 94.7 Å².